The molecule has 4 nitrogen and oxygen atoms in total. The van der Waals surface area contributed by atoms with Gasteiger partial charge < -0.3 is 10.6 Å². The van der Waals surface area contributed by atoms with Crippen molar-refractivity contribution in [1.82, 2.24) is 9.88 Å². The number of carbonyl (C=O) groups excluding carboxylic acids is 1. The maximum Gasteiger partial charge on any atom is 0.257 e. The Bertz CT molecular complexity index is 374. The largest absolute Gasteiger partial charge is 0.383 e. The Morgan fingerprint density at radius 1 is 1.67 bits per heavy atom. The Labute approximate surface area is 89.1 Å². The van der Waals surface area contributed by atoms with Crippen LogP contribution in [0, 0.1) is 5.92 Å². The highest BCUT2D eigenvalue weighted by atomic mass is 16.2. The van der Waals surface area contributed by atoms with Gasteiger partial charge in [-0.2, -0.15) is 0 Å². The SMILES string of the molecule is CN(CC1CC1)C(=O)c1cccnc1N. The first kappa shape index (κ1) is 9.96. The van der Waals surface area contributed by atoms with Crippen LogP contribution in [0.15, 0.2) is 18.3 Å². The molecule has 15 heavy (non-hydrogen) atoms. The van der Waals surface area contributed by atoms with Gasteiger partial charge in [0.15, 0.2) is 0 Å². The second kappa shape index (κ2) is 3.88. The van der Waals surface area contributed by atoms with Crippen molar-refractivity contribution in [3.05, 3.63) is 23.9 Å². The third-order valence-electron chi connectivity index (χ3n) is 2.64. The maximum atomic E-state index is 11.9. The van der Waals surface area contributed by atoms with Crippen molar-refractivity contribution in [3.63, 3.8) is 0 Å². The van der Waals surface area contributed by atoms with Crippen molar-refractivity contribution in [3.8, 4) is 0 Å². The van der Waals surface area contributed by atoms with E-state index in [2.05, 4.69) is 4.98 Å². The predicted octanol–water partition coefficient (Wildman–Crippen LogP) is 1.15. The lowest BCUT2D eigenvalue weighted by Crippen LogP contribution is -2.29. The van der Waals surface area contributed by atoms with E-state index in [0.717, 1.165) is 6.54 Å². The van der Waals surface area contributed by atoms with Crippen LogP contribution in [0.5, 0.6) is 0 Å². The Kier molecular flexibility index (Phi) is 2.58. The van der Waals surface area contributed by atoms with Crippen LogP contribution in [-0.2, 0) is 0 Å². The Balaban J connectivity index is 2.08. The smallest absolute Gasteiger partial charge is 0.257 e. The van der Waals surface area contributed by atoms with Crippen molar-refractivity contribution in [2.75, 3.05) is 19.3 Å². The number of aromatic nitrogens is 1. The summed E-state index contributed by atoms with van der Waals surface area (Å²) in [4.78, 5) is 17.6. The summed E-state index contributed by atoms with van der Waals surface area (Å²) >= 11 is 0. The lowest BCUT2D eigenvalue weighted by Gasteiger charge is -2.17. The second-order valence-corrected chi connectivity index (χ2v) is 4.07. The molecule has 1 saturated carbocycles. The van der Waals surface area contributed by atoms with Crippen LogP contribution in [0.1, 0.15) is 23.2 Å². The molecule has 0 spiro atoms. The van der Waals surface area contributed by atoms with Gasteiger partial charge in [-0.05, 0) is 30.9 Å². The molecule has 1 aromatic heterocycles. The predicted molar refractivity (Wildman–Crippen MR) is 58.3 cm³/mol. The summed E-state index contributed by atoms with van der Waals surface area (Å²) in [5.41, 5.74) is 6.15. The zero-order chi connectivity index (χ0) is 10.8. The topological polar surface area (TPSA) is 59.2 Å². The number of rotatable bonds is 3. The summed E-state index contributed by atoms with van der Waals surface area (Å²) in [6, 6.07) is 3.45. The highest BCUT2D eigenvalue weighted by molar-refractivity contribution is 5.98. The average Bonchev–Trinajstić information content (AvgIpc) is 3.01. The first-order valence-corrected chi connectivity index (χ1v) is 5.14. The van der Waals surface area contributed by atoms with Gasteiger partial charge in [0.25, 0.3) is 5.91 Å². The minimum absolute atomic E-state index is 0.0347. The first-order chi connectivity index (χ1) is 7.18. The third kappa shape index (κ3) is 2.26. The fourth-order valence-corrected chi connectivity index (χ4v) is 1.57. The van der Waals surface area contributed by atoms with E-state index in [1.807, 2.05) is 7.05 Å². The molecule has 0 saturated heterocycles. The molecule has 1 aromatic rings. The molecule has 0 aromatic carbocycles. The standard InChI is InChI=1S/C11H15N3O/c1-14(7-8-4-5-8)11(15)9-3-2-6-13-10(9)12/h2-3,6,8H,4-5,7H2,1H3,(H2,12,13). The zero-order valence-corrected chi connectivity index (χ0v) is 8.81. The molecular weight excluding hydrogens is 190 g/mol. The van der Waals surface area contributed by atoms with Gasteiger partial charge in [0.2, 0.25) is 0 Å². The molecule has 0 atom stereocenters. The number of nitrogens with zero attached hydrogens (tertiary/aromatic N) is 2. The molecule has 1 aliphatic carbocycles. The van der Waals surface area contributed by atoms with Gasteiger partial charge in [-0.15, -0.1) is 0 Å². The van der Waals surface area contributed by atoms with Crippen molar-refractivity contribution in [1.29, 1.82) is 0 Å². The van der Waals surface area contributed by atoms with Crippen LogP contribution in [0.4, 0.5) is 5.82 Å². The molecule has 1 amide bonds. The molecule has 2 N–H and O–H groups in total. The van der Waals surface area contributed by atoms with Gasteiger partial charge in [0.1, 0.15) is 5.82 Å². The Morgan fingerprint density at radius 3 is 3.00 bits per heavy atom. The number of amides is 1. The van der Waals surface area contributed by atoms with Gasteiger partial charge in [0.05, 0.1) is 5.56 Å². The van der Waals surface area contributed by atoms with Crippen LogP contribution >= 0.6 is 0 Å². The highest BCUT2D eigenvalue weighted by Gasteiger charge is 2.25. The van der Waals surface area contributed by atoms with Crippen LogP contribution in [0.25, 0.3) is 0 Å². The average molecular weight is 205 g/mol. The Hall–Kier alpha value is -1.58. The zero-order valence-electron chi connectivity index (χ0n) is 8.81. The van der Waals surface area contributed by atoms with E-state index >= 15 is 0 Å². The Morgan fingerprint density at radius 2 is 2.40 bits per heavy atom. The van der Waals surface area contributed by atoms with Crippen molar-refractivity contribution in [2.24, 2.45) is 5.92 Å². The highest BCUT2D eigenvalue weighted by Crippen LogP contribution is 2.29. The third-order valence-corrected chi connectivity index (χ3v) is 2.64. The molecule has 1 fully saturated rings. The van der Waals surface area contributed by atoms with Gasteiger partial charge in [-0.25, -0.2) is 4.98 Å². The lowest BCUT2D eigenvalue weighted by atomic mass is 10.2. The number of pyridine rings is 1. The molecule has 2 rings (SSSR count). The summed E-state index contributed by atoms with van der Waals surface area (Å²) in [7, 11) is 1.81. The fraction of sp³-hybridized carbons (Fsp3) is 0.455. The first-order valence-electron chi connectivity index (χ1n) is 5.14. The summed E-state index contributed by atoms with van der Waals surface area (Å²) in [5, 5.41) is 0. The summed E-state index contributed by atoms with van der Waals surface area (Å²) in [5.74, 6) is 0.967. The summed E-state index contributed by atoms with van der Waals surface area (Å²) < 4.78 is 0. The molecule has 0 aliphatic heterocycles. The minimum Gasteiger partial charge on any atom is -0.383 e. The molecule has 1 heterocycles. The summed E-state index contributed by atoms with van der Waals surface area (Å²) in [6.45, 7) is 0.827. The molecule has 1 aliphatic rings. The van der Waals surface area contributed by atoms with Gasteiger partial charge in [-0.1, -0.05) is 0 Å². The normalized spacial score (nSPS) is 15.0. The van der Waals surface area contributed by atoms with Gasteiger partial charge >= 0.3 is 0 Å². The monoisotopic (exact) mass is 205 g/mol. The van der Waals surface area contributed by atoms with E-state index in [0.29, 0.717) is 17.3 Å². The number of hydrogen-bond acceptors (Lipinski definition) is 3. The van der Waals surface area contributed by atoms with E-state index in [1.165, 1.54) is 12.8 Å². The van der Waals surface area contributed by atoms with E-state index in [9.17, 15) is 4.79 Å². The van der Waals surface area contributed by atoms with Crippen LogP contribution in [-0.4, -0.2) is 29.4 Å². The fourth-order valence-electron chi connectivity index (χ4n) is 1.57. The molecule has 0 radical (unpaired) electrons. The molecule has 4 heteroatoms. The lowest BCUT2D eigenvalue weighted by molar-refractivity contribution is 0.0789. The summed E-state index contributed by atoms with van der Waals surface area (Å²) in [6.07, 6.45) is 4.06. The van der Waals surface area contributed by atoms with Crippen molar-refractivity contribution >= 4 is 11.7 Å². The quantitative estimate of drug-likeness (QED) is 0.805. The molecule has 0 unspecified atom stereocenters. The number of carbonyl (C=O) groups is 1. The van der Waals surface area contributed by atoms with E-state index in [1.54, 1.807) is 23.2 Å². The minimum atomic E-state index is -0.0347. The van der Waals surface area contributed by atoms with Gasteiger partial charge in [0, 0.05) is 19.8 Å². The van der Waals surface area contributed by atoms with E-state index in [-0.39, 0.29) is 5.91 Å². The van der Waals surface area contributed by atoms with Gasteiger partial charge in [-0.3, -0.25) is 4.79 Å². The maximum absolute atomic E-state index is 11.9. The second-order valence-electron chi connectivity index (χ2n) is 4.07. The van der Waals surface area contributed by atoms with Crippen LogP contribution < -0.4 is 5.73 Å². The van der Waals surface area contributed by atoms with Crippen molar-refractivity contribution in [2.45, 2.75) is 12.8 Å². The van der Waals surface area contributed by atoms with E-state index in [4.69, 9.17) is 5.73 Å². The molecule has 80 valence electrons. The van der Waals surface area contributed by atoms with Crippen LogP contribution in [0.3, 0.4) is 0 Å². The number of anilines is 1. The number of nitrogens with two attached hydrogens (primary N) is 1. The number of nitrogen functional groups attached to an aromatic ring is 1. The van der Waals surface area contributed by atoms with E-state index < -0.39 is 0 Å². The molecular formula is C11H15N3O. The van der Waals surface area contributed by atoms with Crippen LogP contribution in [0.2, 0.25) is 0 Å². The number of hydrogen-bond donors (Lipinski definition) is 1. The van der Waals surface area contributed by atoms with Crippen molar-refractivity contribution < 1.29 is 4.79 Å². The molecule has 0 bridgehead atoms.